The lowest BCUT2D eigenvalue weighted by molar-refractivity contribution is 0.566. The molecule has 0 amide bonds. The molecule has 4 rings (SSSR count). The topological polar surface area (TPSA) is 98.1 Å². The highest BCUT2D eigenvalue weighted by molar-refractivity contribution is 5.79. The number of benzene rings is 1. The van der Waals surface area contributed by atoms with E-state index >= 15 is 0 Å². The van der Waals surface area contributed by atoms with Gasteiger partial charge < -0.3 is 0 Å². The molecule has 8 nitrogen and oxygen atoms in total. The Labute approximate surface area is 182 Å². The monoisotopic (exact) mass is 416 g/mol. The molecule has 0 fully saturated rings. The van der Waals surface area contributed by atoms with Gasteiger partial charge in [-0.25, -0.2) is 14.8 Å². The molecule has 4 aromatic rings. The van der Waals surface area contributed by atoms with Crippen molar-refractivity contribution < 1.29 is 0 Å². The smallest absolute Gasteiger partial charge is 0.180 e. The first-order valence-electron chi connectivity index (χ1n) is 10.8. The van der Waals surface area contributed by atoms with E-state index in [2.05, 4.69) is 53.5 Å². The molecule has 0 unspecified atom stereocenters. The van der Waals surface area contributed by atoms with Crippen molar-refractivity contribution in [1.29, 1.82) is 0 Å². The number of rotatable bonds is 9. The fourth-order valence-electron chi connectivity index (χ4n) is 3.53. The van der Waals surface area contributed by atoms with Gasteiger partial charge in [-0.1, -0.05) is 51.1 Å². The Hall–Kier alpha value is -3.42. The molecule has 1 N–H and O–H groups in total. The van der Waals surface area contributed by atoms with Gasteiger partial charge >= 0.3 is 0 Å². The van der Waals surface area contributed by atoms with E-state index in [1.165, 1.54) is 0 Å². The van der Waals surface area contributed by atoms with Crippen LogP contribution in [0.2, 0.25) is 0 Å². The molecular weight excluding hydrogens is 388 g/mol. The predicted octanol–water partition coefficient (Wildman–Crippen LogP) is 4.11. The number of nitrogens with one attached hydrogen (secondary N) is 1. The van der Waals surface area contributed by atoms with Crippen molar-refractivity contribution >= 4 is 0 Å². The minimum Gasteiger partial charge on any atom is -0.259 e. The van der Waals surface area contributed by atoms with Crippen LogP contribution in [0, 0.1) is 5.92 Å². The van der Waals surface area contributed by atoms with E-state index in [0.717, 1.165) is 59.7 Å². The maximum absolute atomic E-state index is 4.78. The first-order valence-corrected chi connectivity index (χ1v) is 10.8. The molecule has 1 aromatic carbocycles. The highest BCUT2D eigenvalue weighted by Crippen LogP contribution is 2.29. The minimum absolute atomic E-state index is 0.623. The van der Waals surface area contributed by atoms with E-state index in [-0.39, 0.29) is 0 Å². The summed E-state index contributed by atoms with van der Waals surface area (Å²) < 4.78 is 2.01. The highest BCUT2D eigenvalue weighted by Gasteiger charge is 2.13. The summed E-state index contributed by atoms with van der Waals surface area (Å²) in [6.07, 6.45) is 5.88. The van der Waals surface area contributed by atoms with Crippen LogP contribution < -0.4 is 0 Å². The van der Waals surface area contributed by atoms with Gasteiger partial charge in [0.2, 0.25) is 0 Å². The predicted molar refractivity (Wildman–Crippen MR) is 119 cm³/mol. The lowest BCUT2D eigenvalue weighted by Gasteiger charge is -2.09. The molecule has 0 bridgehead atoms. The summed E-state index contributed by atoms with van der Waals surface area (Å²) in [5, 5.41) is 19.0. The average Bonchev–Trinajstić information content (AvgIpc) is 3.44. The van der Waals surface area contributed by atoms with Crippen LogP contribution in [0.4, 0.5) is 0 Å². The maximum atomic E-state index is 4.78. The molecule has 8 heteroatoms. The first-order chi connectivity index (χ1) is 15.1. The Bertz CT molecular complexity index is 1100. The molecule has 0 saturated carbocycles. The van der Waals surface area contributed by atoms with Gasteiger partial charge in [-0.05, 0) is 40.8 Å². The zero-order valence-corrected chi connectivity index (χ0v) is 18.3. The molecule has 3 heterocycles. The van der Waals surface area contributed by atoms with Crippen molar-refractivity contribution in [2.45, 2.75) is 53.0 Å². The Kier molecular flexibility index (Phi) is 6.45. The van der Waals surface area contributed by atoms with E-state index in [0.29, 0.717) is 18.3 Å². The van der Waals surface area contributed by atoms with Gasteiger partial charge in [0.05, 0.1) is 12.2 Å². The lowest BCUT2D eigenvalue weighted by Crippen LogP contribution is -2.08. The highest BCUT2D eigenvalue weighted by atomic mass is 15.5. The molecule has 0 spiro atoms. The van der Waals surface area contributed by atoms with E-state index in [9.17, 15) is 0 Å². The number of aromatic amines is 1. The van der Waals surface area contributed by atoms with E-state index < -0.39 is 0 Å². The molecule has 160 valence electrons. The Morgan fingerprint density at radius 2 is 1.87 bits per heavy atom. The van der Waals surface area contributed by atoms with Crippen LogP contribution in [-0.4, -0.2) is 40.4 Å². The van der Waals surface area contributed by atoms with Crippen LogP contribution in [0.5, 0.6) is 0 Å². The minimum atomic E-state index is 0.623. The Balaban J connectivity index is 1.55. The van der Waals surface area contributed by atoms with Crippen LogP contribution in [-0.2, 0) is 19.4 Å². The summed E-state index contributed by atoms with van der Waals surface area (Å²) in [4.78, 5) is 9.48. The fourth-order valence-corrected chi connectivity index (χ4v) is 3.53. The summed E-state index contributed by atoms with van der Waals surface area (Å²) >= 11 is 0. The summed E-state index contributed by atoms with van der Waals surface area (Å²) in [5.41, 5.74) is 3.95. The molecule has 0 aliphatic carbocycles. The molecule has 0 aliphatic heterocycles. The third-order valence-corrected chi connectivity index (χ3v) is 5.19. The van der Waals surface area contributed by atoms with Gasteiger partial charge in [-0.2, -0.15) is 5.10 Å². The van der Waals surface area contributed by atoms with Crippen LogP contribution >= 0.6 is 0 Å². The van der Waals surface area contributed by atoms with Crippen molar-refractivity contribution in [3.8, 4) is 22.5 Å². The molecule has 0 radical (unpaired) electrons. The maximum Gasteiger partial charge on any atom is 0.180 e. The summed E-state index contributed by atoms with van der Waals surface area (Å²) in [6.45, 7) is 7.25. The van der Waals surface area contributed by atoms with Crippen molar-refractivity contribution in [2.75, 3.05) is 0 Å². The van der Waals surface area contributed by atoms with Crippen LogP contribution in [0.15, 0.2) is 42.6 Å². The molecule has 0 aliphatic rings. The zero-order chi connectivity index (χ0) is 21.6. The van der Waals surface area contributed by atoms with Gasteiger partial charge in [0.25, 0.3) is 0 Å². The largest absolute Gasteiger partial charge is 0.259 e. The second-order valence-corrected chi connectivity index (χ2v) is 8.12. The van der Waals surface area contributed by atoms with Gasteiger partial charge in [0, 0.05) is 30.2 Å². The van der Waals surface area contributed by atoms with Crippen LogP contribution in [0.1, 0.15) is 51.0 Å². The molecule has 31 heavy (non-hydrogen) atoms. The van der Waals surface area contributed by atoms with Crippen molar-refractivity contribution in [3.63, 3.8) is 0 Å². The second-order valence-electron chi connectivity index (χ2n) is 8.12. The second kappa shape index (κ2) is 9.59. The van der Waals surface area contributed by atoms with E-state index in [4.69, 9.17) is 15.1 Å². The number of aryl methyl sites for hydroxylation is 2. The van der Waals surface area contributed by atoms with Crippen molar-refractivity contribution in [3.05, 3.63) is 59.9 Å². The van der Waals surface area contributed by atoms with Crippen molar-refractivity contribution in [2.24, 2.45) is 5.92 Å². The SMILES string of the molecule is CCCc1nc(CCC(C)C)nn1Cc1ccc(-c2ccccc2-c2nnn[nH]2)cn1. The number of hydrogen-bond donors (Lipinski definition) is 1. The van der Waals surface area contributed by atoms with Gasteiger partial charge in [-0.3, -0.25) is 4.98 Å². The van der Waals surface area contributed by atoms with Gasteiger partial charge in [0.1, 0.15) is 5.82 Å². The average molecular weight is 417 g/mol. The Morgan fingerprint density at radius 3 is 2.55 bits per heavy atom. The summed E-state index contributed by atoms with van der Waals surface area (Å²) in [5.74, 6) is 3.26. The summed E-state index contributed by atoms with van der Waals surface area (Å²) in [6, 6.07) is 12.2. The number of tetrazole rings is 1. The van der Waals surface area contributed by atoms with Gasteiger partial charge in [-0.15, -0.1) is 5.10 Å². The molecular formula is C23H28N8. The fraction of sp³-hybridized carbons (Fsp3) is 0.391. The number of nitrogens with zero attached hydrogens (tertiary/aromatic N) is 7. The number of aromatic nitrogens is 8. The summed E-state index contributed by atoms with van der Waals surface area (Å²) in [7, 11) is 0. The first kappa shape index (κ1) is 20.8. The standard InChI is InChI=1S/C23H28N8/c1-4-7-22-25-21(13-10-16(2)3)28-31(22)15-18-12-11-17(14-24-18)19-8-5-6-9-20(19)23-26-29-30-27-23/h5-6,8-9,11-12,14,16H,4,7,10,13,15H2,1-3H3,(H,26,27,29,30). The molecule has 0 atom stereocenters. The van der Waals surface area contributed by atoms with Crippen LogP contribution in [0.3, 0.4) is 0 Å². The normalized spacial score (nSPS) is 11.4. The number of hydrogen-bond acceptors (Lipinski definition) is 6. The third-order valence-electron chi connectivity index (χ3n) is 5.19. The lowest BCUT2D eigenvalue weighted by atomic mass is 10.0. The van der Waals surface area contributed by atoms with Gasteiger partial charge in [0.15, 0.2) is 11.6 Å². The van der Waals surface area contributed by atoms with E-state index in [1.807, 2.05) is 35.1 Å². The number of H-pyrrole nitrogens is 1. The number of pyridine rings is 1. The molecule has 3 aromatic heterocycles. The Morgan fingerprint density at radius 1 is 1.03 bits per heavy atom. The zero-order valence-electron chi connectivity index (χ0n) is 18.3. The van der Waals surface area contributed by atoms with E-state index in [1.54, 1.807) is 0 Å². The van der Waals surface area contributed by atoms with Crippen LogP contribution in [0.25, 0.3) is 22.5 Å². The third kappa shape index (κ3) is 5.02. The quantitative estimate of drug-likeness (QED) is 0.441. The molecule has 0 saturated heterocycles. The van der Waals surface area contributed by atoms with Crippen molar-refractivity contribution in [1.82, 2.24) is 40.4 Å².